The summed E-state index contributed by atoms with van der Waals surface area (Å²) in [5.41, 5.74) is -15.6. The van der Waals surface area contributed by atoms with Crippen molar-refractivity contribution in [2.45, 2.75) is 103 Å². The lowest BCUT2D eigenvalue weighted by Gasteiger charge is -2.22. The Balaban J connectivity index is 0.000000262. The first-order valence-corrected chi connectivity index (χ1v) is 26.8. The van der Waals surface area contributed by atoms with Crippen molar-refractivity contribution in [3.8, 4) is 0 Å². The van der Waals surface area contributed by atoms with Crippen molar-refractivity contribution < 1.29 is 123 Å². The third-order valence-corrected chi connectivity index (χ3v) is 13.6. The maximum atomic E-state index is 13.5. The van der Waals surface area contributed by atoms with E-state index in [0.717, 1.165) is 49.6 Å². The zero-order valence-electron chi connectivity index (χ0n) is 47.1. The van der Waals surface area contributed by atoms with Gasteiger partial charge in [-0.25, -0.2) is 0 Å². The van der Waals surface area contributed by atoms with Crippen molar-refractivity contribution in [3.05, 3.63) is 210 Å². The van der Waals surface area contributed by atoms with Gasteiger partial charge in [0.05, 0.1) is 50.1 Å². The Labute approximate surface area is 509 Å². The fourth-order valence-electron chi connectivity index (χ4n) is 9.43. The minimum Gasteiger partial charge on any atom is -0.381 e. The van der Waals surface area contributed by atoms with E-state index in [2.05, 4.69) is 15.9 Å². The Bertz CT molecular complexity index is 3230. The Morgan fingerprint density at radius 1 is 0.242 bits per heavy atom. The first-order valence-electron chi connectivity index (χ1n) is 26.0. The summed E-state index contributed by atoms with van der Waals surface area (Å²) in [5, 5.41) is 0. The van der Waals surface area contributed by atoms with Gasteiger partial charge in [-0.05, 0) is 108 Å². The van der Waals surface area contributed by atoms with Crippen molar-refractivity contribution in [1.82, 2.24) is 0 Å². The molecule has 1 aliphatic heterocycles. The maximum absolute atomic E-state index is 13.5. The zero-order chi connectivity index (χ0) is 69.2. The van der Waals surface area contributed by atoms with Crippen LogP contribution in [-0.2, 0) is 60.3 Å². The van der Waals surface area contributed by atoms with Crippen molar-refractivity contribution in [2.24, 2.45) is 0 Å². The summed E-state index contributed by atoms with van der Waals surface area (Å²) in [6, 6.07) is 13.7. The van der Waals surface area contributed by atoms with Gasteiger partial charge in [-0.3, -0.25) is 0 Å². The van der Waals surface area contributed by atoms with Gasteiger partial charge in [0.15, 0.2) is 0 Å². The second-order valence-electron chi connectivity index (χ2n) is 20.9. The third kappa shape index (κ3) is 21.4. The van der Waals surface area contributed by atoms with Gasteiger partial charge in [0.1, 0.15) is 0 Å². The number of benzene rings is 7. The fraction of sp³-hybridized carbons (Fsp3) is 0.300. The first kappa shape index (κ1) is 74.9. The number of aryl methyl sites for hydroxylation is 5. The van der Waals surface area contributed by atoms with E-state index >= 15 is 0 Å². The Morgan fingerprint density at radius 2 is 0.407 bits per heavy atom. The second-order valence-corrected chi connectivity index (χ2v) is 21.8. The lowest BCUT2D eigenvalue weighted by Crippen LogP contribution is -2.53. The van der Waals surface area contributed by atoms with Gasteiger partial charge in [-0.1, -0.05) is 144 Å². The van der Waals surface area contributed by atoms with E-state index in [0.29, 0.717) is 82.8 Å². The first-order chi connectivity index (χ1) is 41.2. The summed E-state index contributed by atoms with van der Waals surface area (Å²) in [4.78, 5) is 0. The van der Waals surface area contributed by atoms with Crippen LogP contribution in [0.2, 0.25) is 0 Å². The average Bonchev–Trinajstić information content (AvgIpc) is 0.856. The summed E-state index contributed by atoms with van der Waals surface area (Å²) in [5.74, 6) is 0. The molecular weight excluding hydrogens is 1350 g/mol. The molecule has 7 aromatic rings. The van der Waals surface area contributed by atoms with Crippen LogP contribution in [-0.4, -0.2) is 26.6 Å². The highest BCUT2D eigenvalue weighted by Gasteiger charge is 2.43. The molecule has 8 rings (SSSR count). The molecular formula is C60H44B2BrF27O. The second kappa shape index (κ2) is 27.8. The van der Waals surface area contributed by atoms with Gasteiger partial charge in [0, 0.05) is 17.7 Å². The maximum Gasteiger partial charge on any atom is 0.416 e. The molecule has 0 bridgehead atoms. The number of ether oxygens (including phenoxy) is 1. The van der Waals surface area contributed by atoms with Gasteiger partial charge in [0.25, 0.3) is 0 Å². The van der Waals surface area contributed by atoms with Crippen molar-refractivity contribution in [3.63, 3.8) is 0 Å². The van der Waals surface area contributed by atoms with Crippen LogP contribution >= 0.6 is 15.9 Å². The number of halogens is 28. The molecule has 492 valence electrons. The molecule has 1 nitrogen and oxygen atoms in total. The van der Waals surface area contributed by atoms with Gasteiger partial charge in [-0.15, -0.1) is 0 Å². The van der Waals surface area contributed by atoms with Crippen molar-refractivity contribution in [2.75, 3.05) is 13.2 Å². The van der Waals surface area contributed by atoms with Gasteiger partial charge in [-0.2, -0.15) is 119 Å². The van der Waals surface area contributed by atoms with Crippen molar-refractivity contribution >= 4 is 62.1 Å². The van der Waals surface area contributed by atoms with E-state index in [1.807, 2.05) is 0 Å². The molecule has 1 aliphatic rings. The molecule has 0 unspecified atom stereocenters. The molecule has 0 saturated carbocycles. The van der Waals surface area contributed by atoms with E-state index in [9.17, 15) is 119 Å². The molecule has 0 aromatic heterocycles. The highest BCUT2D eigenvalue weighted by atomic mass is 79.9. The minimum absolute atomic E-state index is 0.0541. The molecule has 0 aliphatic carbocycles. The predicted octanol–water partition coefficient (Wildman–Crippen LogP) is 18.4. The van der Waals surface area contributed by atoms with E-state index in [-0.39, 0.29) is 34.4 Å². The third-order valence-electron chi connectivity index (χ3n) is 13.1. The predicted molar refractivity (Wildman–Crippen MR) is 291 cm³/mol. The summed E-state index contributed by atoms with van der Waals surface area (Å²) >= 11 is 3.01. The minimum atomic E-state index is -5.28. The topological polar surface area (TPSA) is 9.23 Å². The molecule has 31 heteroatoms. The molecule has 0 atom stereocenters. The highest BCUT2D eigenvalue weighted by molar-refractivity contribution is 9.10. The lowest BCUT2D eigenvalue weighted by atomic mass is 9.36. The standard InChI is InChI=1S/2C24H15BF12.C8H6BrF3.C4H8O/c2*1-12-3-14(21(26,27)28)8-18(5-12)25(19-6-13(2)4-15(9-19)22(29,30)31)20-10-16(23(32,33)34)7-17(11-20)24(35,36)37;1-5-2-6(8(10,11)12)4-7(9)3-5;1-2-4-5-3-1/h2*3-11H,1-2H3;2-4H,1H3;1-4H2. The summed E-state index contributed by atoms with van der Waals surface area (Å²) in [6.07, 6.45) is -42.6. The monoisotopic (exact) mass is 1390 g/mol. The normalized spacial score (nSPS) is 13.5. The Hall–Kier alpha value is -6.78. The molecule has 1 saturated heterocycles. The van der Waals surface area contributed by atoms with E-state index in [1.54, 1.807) is 13.0 Å². The fourth-order valence-corrected chi connectivity index (χ4v) is 10.0. The molecule has 0 amide bonds. The van der Waals surface area contributed by atoms with E-state index in [4.69, 9.17) is 4.74 Å². The SMILES string of the molecule is C1CCOC1.Cc1cc(B(c2cc(C)cc(C(F)(F)F)c2)c2cc(C(F)(F)F)cc(C(F)(F)F)c2)cc(C(F)(F)F)c1.Cc1cc(B(c2cc(C)cc(C(F)(F)F)c2)c2cc(C(F)(F)F)cc(C(F)(F)F)c2)cc(C(F)(F)F)c1.Cc1cc(Br)cc(C(F)(F)F)c1. The van der Waals surface area contributed by atoms with Crippen LogP contribution in [0.15, 0.2) is 132 Å². The van der Waals surface area contributed by atoms with E-state index in [1.165, 1.54) is 40.5 Å². The van der Waals surface area contributed by atoms with Gasteiger partial charge in [0.2, 0.25) is 13.4 Å². The number of hydrogen-bond donors (Lipinski definition) is 0. The van der Waals surface area contributed by atoms with Gasteiger partial charge >= 0.3 is 55.6 Å². The highest BCUT2D eigenvalue weighted by Crippen LogP contribution is 2.39. The van der Waals surface area contributed by atoms with Gasteiger partial charge < -0.3 is 4.74 Å². The molecule has 0 N–H and O–H groups in total. The number of alkyl halides is 27. The number of hydrogen-bond acceptors (Lipinski definition) is 1. The Kier molecular flexibility index (Phi) is 22.9. The van der Waals surface area contributed by atoms with E-state index < -0.39 is 152 Å². The summed E-state index contributed by atoms with van der Waals surface area (Å²) in [7, 11) is 0. The van der Waals surface area contributed by atoms with Crippen LogP contribution in [0.5, 0.6) is 0 Å². The van der Waals surface area contributed by atoms with Crippen LogP contribution in [0.3, 0.4) is 0 Å². The molecule has 0 radical (unpaired) electrons. The van der Waals surface area contributed by atoms with Crippen LogP contribution in [0.1, 0.15) is 90.7 Å². The molecule has 1 fully saturated rings. The largest absolute Gasteiger partial charge is 0.416 e. The quantitative estimate of drug-likeness (QED) is 0.119. The number of rotatable bonds is 6. The summed E-state index contributed by atoms with van der Waals surface area (Å²) < 4.78 is 366. The molecule has 0 spiro atoms. The molecule has 1 heterocycles. The smallest absolute Gasteiger partial charge is 0.381 e. The van der Waals surface area contributed by atoms with Crippen molar-refractivity contribution in [1.29, 1.82) is 0 Å². The van der Waals surface area contributed by atoms with Crippen LogP contribution in [0, 0.1) is 34.6 Å². The van der Waals surface area contributed by atoms with Crippen LogP contribution in [0.25, 0.3) is 0 Å². The lowest BCUT2D eigenvalue weighted by molar-refractivity contribution is -0.144. The zero-order valence-corrected chi connectivity index (χ0v) is 48.7. The molecule has 91 heavy (non-hydrogen) atoms. The average molecular weight is 1400 g/mol. The molecule has 7 aromatic carbocycles. The van der Waals surface area contributed by atoms with Crippen LogP contribution in [0.4, 0.5) is 119 Å². The van der Waals surface area contributed by atoms with Crippen LogP contribution < -0.4 is 32.8 Å². The Morgan fingerprint density at radius 3 is 0.571 bits per heavy atom. The summed E-state index contributed by atoms with van der Waals surface area (Å²) in [6.45, 7) is 4.80.